The fraction of sp³-hybridized carbons (Fsp3) is 0.190. The van der Waals surface area contributed by atoms with Gasteiger partial charge in [0.15, 0.2) is 5.16 Å². The highest BCUT2D eigenvalue weighted by atomic mass is 32.2. The molecular weight excluding hydrogens is 375 g/mol. The highest BCUT2D eigenvalue weighted by molar-refractivity contribution is 7.98. The Kier molecular flexibility index (Phi) is 5.00. The van der Waals surface area contributed by atoms with Crippen LogP contribution in [0.4, 0.5) is 4.39 Å². The molecule has 0 saturated heterocycles. The lowest BCUT2D eigenvalue weighted by molar-refractivity contribution is 0.617. The second-order valence-corrected chi connectivity index (χ2v) is 7.72. The van der Waals surface area contributed by atoms with Crippen LogP contribution in [0.2, 0.25) is 0 Å². The van der Waals surface area contributed by atoms with Crippen LogP contribution in [0.25, 0.3) is 11.3 Å². The number of benzene rings is 2. The van der Waals surface area contributed by atoms with Gasteiger partial charge in [-0.2, -0.15) is 0 Å². The quantitative estimate of drug-likeness (QED) is 0.470. The summed E-state index contributed by atoms with van der Waals surface area (Å²) in [6.45, 7) is 4.26. The predicted molar refractivity (Wildman–Crippen MR) is 109 cm³/mol. The van der Waals surface area contributed by atoms with Crippen LogP contribution in [0.15, 0.2) is 70.9 Å². The Morgan fingerprint density at radius 2 is 1.79 bits per heavy atom. The van der Waals surface area contributed by atoms with Crippen molar-refractivity contribution in [2.45, 2.75) is 30.7 Å². The number of halogens is 1. The van der Waals surface area contributed by atoms with Crippen LogP contribution in [0.1, 0.15) is 30.9 Å². The zero-order valence-electron chi connectivity index (χ0n) is 15.5. The fourth-order valence-electron chi connectivity index (χ4n) is 2.95. The molecule has 2 heterocycles. The van der Waals surface area contributed by atoms with Gasteiger partial charge in [0, 0.05) is 23.8 Å². The summed E-state index contributed by atoms with van der Waals surface area (Å²) < 4.78 is 17.0. The van der Waals surface area contributed by atoms with Crippen LogP contribution < -0.4 is 5.56 Å². The minimum absolute atomic E-state index is 0.242. The van der Waals surface area contributed by atoms with Gasteiger partial charge >= 0.3 is 5.56 Å². The van der Waals surface area contributed by atoms with E-state index in [1.165, 1.54) is 23.4 Å². The van der Waals surface area contributed by atoms with E-state index in [1.807, 2.05) is 24.3 Å². The molecule has 0 spiro atoms. The van der Waals surface area contributed by atoms with E-state index in [1.54, 1.807) is 39.6 Å². The maximum Gasteiger partial charge on any atom is 0.300 e. The molecule has 0 amide bonds. The van der Waals surface area contributed by atoms with Crippen molar-refractivity contribution < 1.29 is 4.39 Å². The van der Waals surface area contributed by atoms with Crippen molar-refractivity contribution in [3.8, 4) is 5.69 Å². The molecular formula is C21H19FN4OS. The molecule has 0 aliphatic carbocycles. The maximum absolute atomic E-state index is 13.8. The Morgan fingerprint density at radius 3 is 2.50 bits per heavy atom. The average Bonchev–Trinajstić information content (AvgIpc) is 3.12. The number of hydrogen-bond donors (Lipinski definition) is 0. The first-order valence-corrected chi connectivity index (χ1v) is 9.96. The lowest BCUT2D eigenvalue weighted by atomic mass is 10.0. The van der Waals surface area contributed by atoms with Gasteiger partial charge in [0.2, 0.25) is 5.65 Å². The minimum Gasteiger partial charge on any atom is -0.280 e. The largest absolute Gasteiger partial charge is 0.300 e. The summed E-state index contributed by atoms with van der Waals surface area (Å²) in [7, 11) is 0. The number of fused-ring (bicyclic) bond motifs is 1. The van der Waals surface area contributed by atoms with Gasteiger partial charge in [0.25, 0.3) is 0 Å². The topological polar surface area (TPSA) is 52.2 Å². The van der Waals surface area contributed by atoms with Crippen LogP contribution in [0.5, 0.6) is 0 Å². The van der Waals surface area contributed by atoms with Crippen molar-refractivity contribution in [1.29, 1.82) is 0 Å². The molecule has 0 N–H and O–H groups in total. The monoisotopic (exact) mass is 394 g/mol. The van der Waals surface area contributed by atoms with E-state index >= 15 is 0 Å². The smallest absolute Gasteiger partial charge is 0.280 e. The summed E-state index contributed by atoms with van der Waals surface area (Å²) in [5.74, 6) is 0.586. The molecule has 0 aliphatic rings. The van der Waals surface area contributed by atoms with Gasteiger partial charge < -0.3 is 0 Å². The zero-order valence-corrected chi connectivity index (χ0v) is 16.4. The first-order valence-electron chi connectivity index (χ1n) is 8.97. The summed E-state index contributed by atoms with van der Waals surface area (Å²) in [5.41, 5.74) is 2.58. The van der Waals surface area contributed by atoms with Crippen LogP contribution in [-0.2, 0) is 5.75 Å². The molecule has 0 saturated carbocycles. The van der Waals surface area contributed by atoms with Gasteiger partial charge in [0.1, 0.15) is 5.82 Å². The highest BCUT2D eigenvalue weighted by Gasteiger charge is 2.13. The Balaban J connectivity index is 1.64. The van der Waals surface area contributed by atoms with Gasteiger partial charge in [-0.05, 0) is 35.2 Å². The van der Waals surface area contributed by atoms with Crippen LogP contribution in [-0.4, -0.2) is 19.2 Å². The number of nitrogens with zero attached hydrogens (tertiary/aromatic N) is 4. The number of thioether (sulfide) groups is 1. The minimum atomic E-state index is -0.254. The molecule has 2 aromatic carbocycles. The molecule has 4 rings (SSSR count). The van der Waals surface area contributed by atoms with Gasteiger partial charge in [0.05, 0.1) is 0 Å². The summed E-state index contributed by atoms with van der Waals surface area (Å²) in [6, 6.07) is 14.5. The van der Waals surface area contributed by atoms with Gasteiger partial charge in [-0.3, -0.25) is 13.8 Å². The molecule has 0 atom stereocenters. The third kappa shape index (κ3) is 3.45. The molecule has 2 aromatic heterocycles. The van der Waals surface area contributed by atoms with E-state index in [9.17, 15) is 9.18 Å². The van der Waals surface area contributed by atoms with E-state index in [0.29, 0.717) is 22.4 Å². The van der Waals surface area contributed by atoms with Gasteiger partial charge in [-0.1, -0.05) is 55.9 Å². The van der Waals surface area contributed by atoms with E-state index in [2.05, 4.69) is 24.0 Å². The molecule has 0 bridgehead atoms. The lowest BCUT2D eigenvalue weighted by Gasteiger charge is -2.09. The standard InChI is InChI=1S/C21H19FN4OS/c1-14(2)15-7-9-17(10-8-15)25-11-12-26-19(20(25)27)23-24-21(26)28-13-16-5-3-4-6-18(16)22/h3-12,14H,13H2,1-2H3. The van der Waals surface area contributed by atoms with Crippen molar-refractivity contribution in [3.05, 3.63) is 88.2 Å². The van der Waals surface area contributed by atoms with Crippen molar-refractivity contribution in [1.82, 2.24) is 19.2 Å². The van der Waals surface area contributed by atoms with Gasteiger partial charge in [-0.25, -0.2) is 4.39 Å². The normalized spacial score (nSPS) is 11.4. The molecule has 0 unspecified atom stereocenters. The van der Waals surface area contributed by atoms with Crippen LogP contribution >= 0.6 is 11.8 Å². The molecule has 5 nitrogen and oxygen atoms in total. The average molecular weight is 394 g/mol. The van der Waals surface area contributed by atoms with Gasteiger partial charge in [-0.15, -0.1) is 10.2 Å². The highest BCUT2D eigenvalue weighted by Crippen LogP contribution is 2.23. The van der Waals surface area contributed by atoms with Crippen molar-refractivity contribution in [3.63, 3.8) is 0 Å². The maximum atomic E-state index is 13.8. The fourth-order valence-corrected chi connectivity index (χ4v) is 3.85. The molecule has 0 radical (unpaired) electrons. The molecule has 7 heteroatoms. The molecule has 28 heavy (non-hydrogen) atoms. The van der Waals surface area contributed by atoms with E-state index in [0.717, 1.165) is 5.69 Å². The number of aromatic nitrogens is 4. The van der Waals surface area contributed by atoms with E-state index in [-0.39, 0.29) is 17.0 Å². The number of rotatable bonds is 5. The third-order valence-corrected chi connectivity index (χ3v) is 5.58. The Hall–Kier alpha value is -2.93. The zero-order chi connectivity index (χ0) is 19.7. The third-order valence-electron chi connectivity index (χ3n) is 4.59. The SMILES string of the molecule is CC(C)c1ccc(-n2ccn3c(SCc4ccccc4F)nnc3c2=O)cc1. The Labute approximate surface area is 165 Å². The molecule has 142 valence electrons. The summed E-state index contributed by atoms with van der Waals surface area (Å²) >= 11 is 1.34. The molecule has 0 aliphatic heterocycles. The second-order valence-electron chi connectivity index (χ2n) is 6.78. The van der Waals surface area contributed by atoms with Crippen molar-refractivity contribution >= 4 is 17.4 Å². The first kappa shape index (κ1) is 18.4. The first-order chi connectivity index (χ1) is 13.5. The lowest BCUT2D eigenvalue weighted by Crippen LogP contribution is -2.20. The van der Waals surface area contributed by atoms with Crippen LogP contribution in [0.3, 0.4) is 0 Å². The number of hydrogen-bond acceptors (Lipinski definition) is 4. The molecule has 4 aromatic rings. The summed E-state index contributed by atoms with van der Waals surface area (Å²) in [6.07, 6.45) is 3.47. The predicted octanol–water partition coefficient (Wildman–Crippen LogP) is 4.44. The van der Waals surface area contributed by atoms with Crippen LogP contribution in [0, 0.1) is 5.82 Å². The van der Waals surface area contributed by atoms with E-state index < -0.39 is 0 Å². The summed E-state index contributed by atoms with van der Waals surface area (Å²) in [5, 5.41) is 8.72. The Morgan fingerprint density at radius 1 is 1.04 bits per heavy atom. The van der Waals surface area contributed by atoms with Crippen molar-refractivity contribution in [2.24, 2.45) is 0 Å². The summed E-state index contributed by atoms with van der Waals surface area (Å²) in [4.78, 5) is 12.9. The second kappa shape index (κ2) is 7.59. The van der Waals surface area contributed by atoms with E-state index in [4.69, 9.17) is 0 Å². The molecule has 0 fully saturated rings. The van der Waals surface area contributed by atoms with Crippen molar-refractivity contribution in [2.75, 3.05) is 0 Å². The Bertz CT molecular complexity index is 1180.